The predicted octanol–water partition coefficient (Wildman–Crippen LogP) is 4.35. The van der Waals surface area contributed by atoms with Crippen molar-refractivity contribution in [2.75, 3.05) is 7.11 Å². The zero-order chi connectivity index (χ0) is 16.8. The number of carbonyl (C=O) groups excluding carboxylic acids is 1. The van der Waals surface area contributed by atoms with E-state index < -0.39 is 0 Å². The molecule has 6 heteroatoms. The molecule has 0 fully saturated rings. The second-order valence-electron chi connectivity index (χ2n) is 4.81. The summed E-state index contributed by atoms with van der Waals surface area (Å²) in [6.07, 6.45) is 1.79. The molecule has 0 atom stereocenters. The van der Waals surface area contributed by atoms with E-state index in [9.17, 15) is 4.79 Å². The van der Waals surface area contributed by atoms with E-state index in [1.807, 2.05) is 37.3 Å². The van der Waals surface area contributed by atoms with Crippen LogP contribution in [0.3, 0.4) is 0 Å². The Morgan fingerprint density at radius 3 is 2.70 bits per heavy atom. The number of rotatable bonds is 6. The first kappa shape index (κ1) is 17.4. The molecule has 0 spiro atoms. The van der Waals surface area contributed by atoms with Gasteiger partial charge in [0.25, 0.3) is 0 Å². The number of aryl methyl sites for hydroxylation is 1. The van der Waals surface area contributed by atoms with Gasteiger partial charge < -0.3 is 10.1 Å². The van der Waals surface area contributed by atoms with Crippen molar-refractivity contribution in [1.29, 1.82) is 5.41 Å². The largest absolute Gasteiger partial charge is 0.465 e. The van der Waals surface area contributed by atoms with Crippen molar-refractivity contribution in [2.24, 2.45) is 0 Å². The first-order valence-corrected chi connectivity index (χ1v) is 8.55. The Labute approximate surface area is 147 Å². The minimum Gasteiger partial charge on any atom is -0.465 e. The molecule has 0 saturated carbocycles. The lowest BCUT2D eigenvalue weighted by atomic mass is 10.1. The summed E-state index contributed by atoms with van der Waals surface area (Å²) in [7, 11) is 1.36. The van der Waals surface area contributed by atoms with Gasteiger partial charge >= 0.3 is 5.97 Å². The van der Waals surface area contributed by atoms with Crippen molar-refractivity contribution in [1.82, 2.24) is 5.32 Å². The van der Waals surface area contributed by atoms with Crippen LogP contribution in [0, 0.1) is 12.3 Å². The minimum atomic E-state index is -0.359. The smallest absolute Gasteiger partial charge is 0.348 e. The number of nitrogens with one attached hydrogen (secondary N) is 2. The fraction of sp³-hybridized carbons (Fsp3) is 0.176. The van der Waals surface area contributed by atoms with Crippen LogP contribution in [0.4, 0.5) is 0 Å². The maximum atomic E-state index is 11.7. The zero-order valence-corrected chi connectivity index (χ0v) is 15.3. The van der Waals surface area contributed by atoms with Gasteiger partial charge in [-0.05, 0) is 34.5 Å². The Hall–Kier alpha value is -1.92. The molecule has 2 aromatic rings. The Morgan fingerprint density at radius 2 is 2.09 bits per heavy atom. The standard InChI is InChI=1S/C17H17BrN2O2S/c1-11-13(8-15(23-11)17(21)22-2)14(16(18)19)10-20-9-12-6-4-3-5-7-12/h3-8,10,19-20H,9H2,1-2H3/b14-10-,19-16?. The van der Waals surface area contributed by atoms with E-state index in [1.54, 1.807) is 12.3 Å². The van der Waals surface area contributed by atoms with Crippen LogP contribution in [0.15, 0.2) is 42.6 Å². The van der Waals surface area contributed by atoms with E-state index in [2.05, 4.69) is 21.2 Å². The van der Waals surface area contributed by atoms with Gasteiger partial charge in [0.1, 0.15) is 9.50 Å². The molecule has 0 aliphatic heterocycles. The third kappa shape index (κ3) is 4.53. The van der Waals surface area contributed by atoms with Gasteiger partial charge in [-0.3, -0.25) is 5.41 Å². The molecule has 0 radical (unpaired) electrons. The van der Waals surface area contributed by atoms with Crippen molar-refractivity contribution in [3.8, 4) is 0 Å². The van der Waals surface area contributed by atoms with E-state index in [0.29, 0.717) is 17.0 Å². The molecule has 0 unspecified atom stereocenters. The second kappa shape index (κ2) is 8.08. The highest BCUT2D eigenvalue weighted by Crippen LogP contribution is 2.29. The van der Waals surface area contributed by atoms with Gasteiger partial charge in [-0.2, -0.15) is 0 Å². The Bertz CT molecular complexity index is 738. The number of hydrogen-bond donors (Lipinski definition) is 2. The summed E-state index contributed by atoms with van der Waals surface area (Å²) in [5, 5.41) is 11.1. The number of ether oxygens (including phenoxy) is 1. The number of carbonyl (C=O) groups is 1. The van der Waals surface area contributed by atoms with Crippen LogP contribution in [0.1, 0.15) is 25.7 Å². The lowest BCUT2D eigenvalue weighted by molar-refractivity contribution is 0.0606. The first-order chi connectivity index (χ1) is 11.0. The number of thiophene rings is 1. The molecule has 0 amide bonds. The summed E-state index contributed by atoms with van der Waals surface area (Å²) in [4.78, 5) is 13.1. The molecule has 0 saturated heterocycles. The number of methoxy groups -OCH3 is 1. The summed E-state index contributed by atoms with van der Waals surface area (Å²) in [5.41, 5.74) is 2.70. The molecule has 1 aromatic carbocycles. The fourth-order valence-electron chi connectivity index (χ4n) is 2.08. The average molecular weight is 393 g/mol. The van der Waals surface area contributed by atoms with Gasteiger partial charge in [0.15, 0.2) is 0 Å². The molecule has 1 heterocycles. The maximum absolute atomic E-state index is 11.7. The highest BCUT2D eigenvalue weighted by molar-refractivity contribution is 9.18. The maximum Gasteiger partial charge on any atom is 0.348 e. The minimum absolute atomic E-state index is 0.260. The molecular formula is C17H17BrN2O2S. The number of allylic oxidation sites excluding steroid dienone is 1. The summed E-state index contributed by atoms with van der Waals surface area (Å²) < 4.78 is 5.01. The lowest BCUT2D eigenvalue weighted by Crippen LogP contribution is -2.07. The van der Waals surface area contributed by atoms with Gasteiger partial charge in [-0.15, -0.1) is 11.3 Å². The molecular weight excluding hydrogens is 376 g/mol. The van der Waals surface area contributed by atoms with Crippen LogP contribution in [-0.2, 0) is 11.3 Å². The summed E-state index contributed by atoms with van der Waals surface area (Å²) >= 11 is 4.59. The van der Waals surface area contributed by atoms with Crippen LogP contribution >= 0.6 is 27.3 Å². The second-order valence-corrected chi connectivity index (χ2v) is 6.86. The Morgan fingerprint density at radius 1 is 1.39 bits per heavy atom. The van der Waals surface area contributed by atoms with E-state index in [-0.39, 0.29) is 10.6 Å². The van der Waals surface area contributed by atoms with Crippen LogP contribution in [0.5, 0.6) is 0 Å². The van der Waals surface area contributed by atoms with Crippen molar-refractivity contribution in [3.05, 3.63) is 63.5 Å². The molecule has 0 bridgehead atoms. The van der Waals surface area contributed by atoms with Crippen molar-refractivity contribution < 1.29 is 9.53 Å². The van der Waals surface area contributed by atoms with Crippen LogP contribution in [0.2, 0.25) is 0 Å². The number of benzene rings is 1. The molecule has 120 valence electrons. The third-order valence-corrected chi connectivity index (χ3v) is 4.68. The quantitative estimate of drug-likeness (QED) is 0.567. The lowest BCUT2D eigenvalue weighted by Gasteiger charge is -2.06. The van der Waals surface area contributed by atoms with Crippen molar-refractivity contribution in [3.63, 3.8) is 0 Å². The SMILES string of the molecule is COC(=O)c1cc(/C(=C/NCc2ccccc2)C(=N)Br)c(C)s1. The summed E-state index contributed by atoms with van der Waals surface area (Å²) in [5.74, 6) is -0.359. The Balaban J connectivity index is 2.21. The highest BCUT2D eigenvalue weighted by Gasteiger charge is 2.17. The third-order valence-electron chi connectivity index (χ3n) is 3.23. The van der Waals surface area contributed by atoms with E-state index in [4.69, 9.17) is 10.1 Å². The van der Waals surface area contributed by atoms with Gasteiger partial charge in [-0.1, -0.05) is 30.3 Å². The fourth-order valence-corrected chi connectivity index (χ4v) is 3.36. The molecule has 4 nitrogen and oxygen atoms in total. The number of esters is 1. The average Bonchev–Trinajstić information content (AvgIpc) is 2.93. The molecule has 0 aliphatic rings. The van der Waals surface area contributed by atoms with Crippen LogP contribution in [-0.4, -0.2) is 17.7 Å². The summed E-state index contributed by atoms with van der Waals surface area (Å²) in [6.45, 7) is 2.59. The van der Waals surface area contributed by atoms with Gasteiger partial charge in [0.2, 0.25) is 0 Å². The van der Waals surface area contributed by atoms with Gasteiger partial charge in [-0.25, -0.2) is 4.79 Å². The molecule has 0 aliphatic carbocycles. The monoisotopic (exact) mass is 392 g/mol. The van der Waals surface area contributed by atoms with Gasteiger partial charge in [0, 0.05) is 28.8 Å². The van der Waals surface area contributed by atoms with Crippen molar-refractivity contribution >= 4 is 43.4 Å². The zero-order valence-electron chi connectivity index (χ0n) is 12.9. The number of hydrogen-bond acceptors (Lipinski definition) is 5. The highest BCUT2D eigenvalue weighted by atomic mass is 79.9. The van der Waals surface area contributed by atoms with Crippen molar-refractivity contribution in [2.45, 2.75) is 13.5 Å². The predicted molar refractivity (Wildman–Crippen MR) is 98.3 cm³/mol. The molecule has 2 N–H and O–H groups in total. The molecule has 2 rings (SSSR count). The molecule has 1 aromatic heterocycles. The molecule has 23 heavy (non-hydrogen) atoms. The van der Waals surface area contributed by atoms with E-state index >= 15 is 0 Å². The van der Waals surface area contributed by atoms with Gasteiger partial charge in [0.05, 0.1) is 7.11 Å². The topological polar surface area (TPSA) is 62.2 Å². The first-order valence-electron chi connectivity index (χ1n) is 6.94. The van der Waals surface area contributed by atoms with E-state index in [1.165, 1.54) is 18.4 Å². The number of halogens is 1. The summed E-state index contributed by atoms with van der Waals surface area (Å²) in [6, 6.07) is 11.8. The van der Waals surface area contributed by atoms with Crippen LogP contribution < -0.4 is 5.32 Å². The van der Waals surface area contributed by atoms with Crippen LogP contribution in [0.25, 0.3) is 5.57 Å². The normalized spacial score (nSPS) is 11.2. The van der Waals surface area contributed by atoms with E-state index in [0.717, 1.165) is 16.0 Å². The Kier molecular flexibility index (Phi) is 6.12.